The first-order valence-corrected chi connectivity index (χ1v) is 11.0. The summed E-state index contributed by atoms with van der Waals surface area (Å²) in [7, 11) is 0. The molecule has 2 aromatic heterocycles. The standard InChI is InChI=1S/C25H20N2O4S/c1-13-11-14(2)20-18(12-13)32-25(26-20)27-21(17-10-9-15(3)31-17)19(23(29)24(27)30)22(28)16-7-5-4-6-8-16/h4-12,21,28H,1-3H3. The molecule has 1 fully saturated rings. The monoisotopic (exact) mass is 444 g/mol. The first-order valence-electron chi connectivity index (χ1n) is 10.2. The summed E-state index contributed by atoms with van der Waals surface area (Å²) in [6.07, 6.45) is 0. The summed E-state index contributed by atoms with van der Waals surface area (Å²) in [5.74, 6) is -0.710. The molecule has 1 aliphatic rings. The van der Waals surface area contributed by atoms with Crippen molar-refractivity contribution >= 4 is 44.1 Å². The van der Waals surface area contributed by atoms with Crippen LogP contribution in [0.1, 0.15) is 34.3 Å². The number of anilines is 1. The van der Waals surface area contributed by atoms with E-state index in [1.165, 1.54) is 16.2 Å². The number of amides is 1. The molecule has 0 radical (unpaired) electrons. The zero-order valence-corrected chi connectivity index (χ0v) is 18.6. The van der Waals surface area contributed by atoms with E-state index < -0.39 is 17.7 Å². The van der Waals surface area contributed by atoms with Crippen LogP contribution in [0.4, 0.5) is 5.13 Å². The number of aliphatic hydroxyl groups is 1. The zero-order valence-electron chi connectivity index (χ0n) is 17.7. The molecule has 3 heterocycles. The summed E-state index contributed by atoms with van der Waals surface area (Å²) in [5, 5.41) is 11.4. The van der Waals surface area contributed by atoms with Gasteiger partial charge in [-0.15, -0.1) is 0 Å². The Morgan fingerprint density at radius 1 is 1.06 bits per heavy atom. The smallest absolute Gasteiger partial charge is 0.302 e. The van der Waals surface area contributed by atoms with Crippen LogP contribution in [0.15, 0.2) is 64.6 Å². The van der Waals surface area contributed by atoms with Gasteiger partial charge in [-0.3, -0.25) is 14.5 Å². The van der Waals surface area contributed by atoms with Crippen LogP contribution in [0, 0.1) is 20.8 Å². The normalized spacial score (nSPS) is 18.1. The van der Waals surface area contributed by atoms with E-state index in [0.717, 1.165) is 21.3 Å². The van der Waals surface area contributed by atoms with Gasteiger partial charge in [-0.05, 0) is 50.1 Å². The van der Waals surface area contributed by atoms with Crippen molar-refractivity contribution in [2.75, 3.05) is 4.90 Å². The fourth-order valence-electron chi connectivity index (χ4n) is 4.11. The Kier molecular flexibility index (Phi) is 4.71. The maximum atomic E-state index is 13.2. The fourth-order valence-corrected chi connectivity index (χ4v) is 5.28. The van der Waals surface area contributed by atoms with Crippen molar-refractivity contribution in [3.8, 4) is 0 Å². The molecule has 6 nitrogen and oxygen atoms in total. The molecule has 1 unspecified atom stereocenters. The molecule has 2 aromatic carbocycles. The number of benzene rings is 2. The third-order valence-electron chi connectivity index (χ3n) is 5.55. The van der Waals surface area contributed by atoms with E-state index in [0.29, 0.717) is 22.2 Å². The van der Waals surface area contributed by atoms with Gasteiger partial charge < -0.3 is 9.52 Å². The quantitative estimate of drug-likeness (QED) is 0.258. The maximum absolute atomic E-state index is 13.2. The lowest BCUT2D eigenvalue weighted by molar-refractivity contribution is -0.132. The van der Waals surface area contributed by atoms with Gasteiger partial charge in [0.25, 0.3) is 5.78 Å². The average Bonchev–Trinajstić information content (AvgIpc) is 3.45. The average molecular weight is 445 g/mol. The predicted octanol–water partition coefficient (Wildman–Crippen LogP) is 5.44. The van der Waals surface area contributed by atoms with Crippen molar-refractivity contribution in [2.24, 2.45) is 0 Å². The second-order valence-electron chi connectivity index (χ2n) is 7.91. The molecule has 1 amide bonds. The number of hydrogen-bond acceptors (Lipinski definition) is 6. The second kappa shape index (κ2) is 7.46. The Bertz CT molecular complexity index is 1410. The number of fused-ring (bicyclic) bond motifs is 1. The molecule has 0 spiro atoms. The number of Topliss-reactive ketones (excluding diaryl/α,β-unsaturated/α-hetero) is 1. The predicted molar refractivity (Wildman–Crippen MR) is 124 cm³/mol. The van der Waals surface area contributed by atoms with Gasteiger partial charge in [0, 0.05) is 5.56 Å². The van der Waals surface area contributed by atoms with E-state index in [1.54, 1.807) is 43.3 Å². The summed E-state index contributed by atoms with van der Waals surface area (Å²) >= 11 is 1.34. The van der Waals surface area contributed by atoms with Gasteiger partial charge in [-0.1, -0.05) is 47.7 Å². The fraction of sp³-hybridized carbons (Fsp3) is 0.160. The van der Waals surface area contributed by atoms with Gasteiger partial charge in [0.15, 0.2) is 5.13 Å². The Morgan fingerprint density at radius 2 is 1.81 bits per heavy atom. The first-order chi connectivity index (χ1) is 15.3. The van der Waals surface area contributed by atoms with Crippen molar-refractivity contribution in [3.63, 3.8) is 0 Å². The van der Waals surface area contributed by atoms with Crippen LogP contribution in [0.2, 0.25) is 0 Å². The van der Waals surface area contributed by atoms with Gasteiger partial charge >= 0.3 is 5.91 Å². The van der Waals surface area contributed by atoms with Crippen molar-refractivity contribution in [3.05, 3.63) is 88.4 Å². The minimum Gasteiger partial charge on any atom is -0.507 e. The van der Waals surface area contributed by atoms with Crippen LogP contribution in [0.25, 0.3) is 16.0 Å². The third kappa shape index (κ3) is 3.13. The molecule has 1 atom stereocenters. The van der Waals surface area contributed by atoms with Crippen LogP contribution >= 0.6 is 11.3 Å². The molecule has 0 bridgehead atoms. The number of aryl methyl sites for hydroxylation is 3. The molecule has 4 aromatic rings. The Balaban J connectivity index is 1.74. The Hall–Kier alpha value is -3.71. The number of furan rings is 1. The molecule has 1 aliphatic heterocycles. The maximum Gasteiger partial charge on any atom is 0.302 e. The number of carbonyl (C=O) groups is 2. The van der Waals surface area contributed by atoms with Crippen LogP contribution in [0.3, 0.4) is 0 Å². The van der Waals surface area contributed by atoms with Gasteiger partial charge in [-0.2, -0.15) is 0 Å². The molecule has 7 heteroatoms. The lowest BCUT2D eigenvalue weighted by Gasteiger charge is -2.20. The minimum absolute atomic E-state index is 0.0114. The van der Waals surface area contributed by atoms with Gasteiger partial charge in [-0.25, -0.2) is 4.98 Å². The van der Waals surface area contributed by atoms with E-state index in [-0.39, 0.29) is 11.3 Å². The highest BCUT2D eigenvalue weighted by molar-refractivity contribution is 7.22. The molecule has 5 rings (SSSR count). The van der Waals surface area contributed by atoms with E-state index in [4.69, 9.17) is 9.40 Å². The summed E-state index contributed by atoms with van der Waals surface area (Å²) in [4.78, 5) is 32.4. The molecule has 32 heavy (non-hydrogen) atoms. The van der Waals surface area contributed by atoms with Crippen LogP contribution < -0.4 is 4.90 Å². The van der Waals surface area contributed by atoms with Crippen molar-refractivity contribution in [2.45, 2.75) is 26.8 Å². The summed E-state index contributed by atoms with van der Waals surface area (Å²) in [6.45, 7) is 5.76. The topological polar surface area (TPSA) is 83.6 Å². The van der Waals surface area contributed by atoms with E-state index in [9.17, 15) is 14.7 Å². The van der Waals surface area contributed by atoms with Crippen LogP contribution in [0.5, 0.6) is 0 Å². The van der Waals surface area contributed by atoms with E-state index >= 15 is 0 Å². The van der Waals surface area contributed by atoms with Crippen molar-refractivity contribution in [1.29, 1.82) is 0 Å². The second-order valence-corrected chi connectivity index (χ2v) is 8.92. The number of thiazole rings is 1. The van der Waals surface area contributed by atoms with Crippen molar-refractivity contribution in [1.82, 2.24) is 4.98 Å². The molecule has 160 valence electrons. The number of carbonyl (C=O) groups excluding carboxylic acids is 2. The number of rotatable bonds is 3. The Morgan fingerprint density at radius 3 is 2.50 bits per heavy atom. The minimum atomic E-state index is -0.911. The summed E-state index contributed by atoms with van der Waals surface area (Å²) in [6, 6.07) is 15.3. The van der Waals surface area contributed by atoms with Crippen molar-refractivity contribution < 1.29 is 19.1 Å². The van der Waals surface area contributed by atoms with Gasteiger partial charge in [0.2, 0.25) is 0 Å². The zero-order chi connectivity index (χ0) is 22.6. The van der Waals surface area contributed by atoms with E-state index in [1.807, 2.05) is 32.0 Å². The molecule has 1 saturated heterocycles. The molecular weight excluding hydrogens is 424 g/mol. The third-order valence-corrected chi connectivity index (χ3v) is 6.55. The summed E-state index contributed by atoms with van der Waals surface area (Å²) in [5.41, 5.74) is 3.32. The first kappa shape index (κ1) is 20.2. The lowest BCUT2D eigenvalue weighted by Crippen LogP contribution is -2.29. The number of aromatic nitrogens is 1. The summed E-state index contributed by atoms with van der Waals surface area (Å²) < 4.78 is 6.76. The largest absolute Gasteiger partial charge is 0.507 e. The molecule has 0 aliphatic carbocycles. The molecular formula is C25H20N2O4S. The SMILES string of the molecule is Cc1cc(C)c2nc(N3C(=O)C(=O)C(=C(O)c4ccccc4)C3c3ccc(C)o3)sc2c1. The Labute approximate surface area is 188 Å². The van der Waals surface area contributed by atoms with Crippen LogP contribution in [-0.2, 0) is 9.59 Å². The van der Waals surface area contributed by atoms with Crippen LogP contribution in [-0.4, -0.2) is 21.8 Å². The highest BCUT2D eigenvalue weighted by atomic mass is 32.1. The highest BCUT2D eigenvalue weighted by Crippen LogP contribution is 2.45. The number of aliphatic hydroxyl groups excluding tert-OH is 1. The number of hydrogen-bond donors (Lipinski definition) is 1. The number of nitrogens with zero attached hydrogens (tertiary/aromatic N) is 2. The van der Waals surface area contributed by atoms with Gasteiger partial charge in [0.1, 0.15) is 23.3 Å². The number of ketones is 1. The molecule has 0 saturated carbocycles. The molecule has 1 N–H and O–H groups in total. The lowest BCUT2D eigenvalue weighted by atomic mass is 9.99. The van der Waals surface area contributed by atoms with Gasteiger partial charge in [0.05, 0.1) is 15.8 Å². The van der Waals surface area contributed by atoms with E-state index in [2.05, 4.69) is 0 Å². The highest BCUT2D eigenvalue weighted by Gasteiger charge is 2.49.